The van der Waals surface area contributed by atoms with Gasteiger partial charge in [0.2, 0.25) is 0 Å². The van der Waals surface area contributed by atoms with Gasteiger partial charge < -0.3 is 9.47 Å². The molecular weight excluding hydrogens is 412 g/mol. The SMILES string of the molecule is CCCOc1c(Cl)cc(-c2nccn2S(=O)(=O)c2ccc(C)cc2)cc1OCC. The molecule has 154 valence electrons. The fourth-order valence-electron chi connectivity index (χ4n) is 2.82. The van der Waals surface area contributed by atoms with Crippen molar-refractivity contribution in [2.24, 2.45) is 0 Å². The van der Waals surface area contributed by atoms with E-state index in [1.54, 1.807) is 36.4 Å². The van der Waals surface area contributed by atoms with Gasteiger partial charge >= 0.3 is 0 Å². The van der Waals surface area contributed by atoms with Crippen LogP contribution in [0.25, 0.3) is 11.4 Å². The van der Waals surface area contributed by atoms with Crippen LogP contribution in [0.4, 0.5) is 0 Å². The Morgan fingerprint density at radius 3 is 2.48 bits per heavy atom. The first-order chi connectivity index (χ1) is 13.9. The number of nitrogens with zero attached hydrogens (tertiary/aromatic N) is 2. The zero-order chi connectivity index (χ0) is 21.0. The second-order valence-electron chi connectivity index (χ2n) is 6.43. The minimum Gasteiger partial charge on any atom is -0.490 e. The molecule has 0 bridgehead atoms. The third kappa shape index (κ3) is 4.41. The molecule has 29 heavy (non-hydrogen) atoms. The molecule has 0 saturated heterocycles. The number of ether oxygens (including phenoxy) is 2. The van der Waals surface area contributed by atoms with Crippen molar-refractivity contribution in [2.75, 3.05) is 13.2 Å². The summed E-state index contributed by atoms with van der Waals surface area (Å²) in [6.45, 7) is 6.66. The fraction of sp³-hybridized carbons (Fsp3) is 0.286. The van der Waals surface area contributed by atoms with E-state index < -0.39 is 10.0 Å². The molecule has 3 rings (SSSR count). The summed E-state index contributed by atoms with van der Waals surface area (Å²) in [6.07, 6.45) is 3.68. The Bertz CT molecular complexity index is 1090. The molecule has 0 aliphatic heterocycles. The van der Waals surface area contributed by atoms with Crippen LogP contribution in [0.15, 0.2) is 53.7 Å². The first kappa shape index (κ1) is 21.2. The summed E-state index contributed by atoms with van der Waals surface area (Å²) in [4.78, 5) is 4.44. The van der Waals surface area contributed by atoms with Crippen LogP contribution in [0.3, 0.4) is 0 Å². The minimum atomic E-state index is -3.81. The highest BCUT2D eigenvalue weighted by atomic mass is 35.5. The normalized spacial score (nSPS) is 11.4. The number of imidazole rings is 1. The van der Waals surface area contributed by atoms with Crippen LogP contribution >= 0.6 is 11.6 Å². The maximum absolute atomic E-state index is 13.1. The van der Waals surface area contributed by atoms with E-state index in [-0.39, 0.29) is 10.7 Å². The zero-order valence-corrected chi connectivity index (χ0v) is 18.1. The van der Waals surface area contributed by atoms with Crippen molar-refractivity contribution >= 4 is 21.6 Å². The summed E-state index contributed by atoms with van der Waals surface area (Å²) in [5.41, 5.74) is 1.49. The largest absolute Gasteiger partial charge is 0.490 e. The smallest absolute Gasteiger partial charge is 0.269 e. The molecule has 0 saturated carbocycles. The number of halogens is 1. The van der Waals surface area contributed by atoms with Gasteiger partial charge in [-0.15, -0.1) is 0 Å². The maximum atomic E-state index is 13.1. The summed E-state index contributed by atoms with van der Waals surface area (Å²) in [7, 11) is -3.81. The van der Waals surface area contributed by atoms with Crippen LogP contribution in [0, 0.1) is 6.92 Å². The number of hydrogen-bond donors (Lipinski definition) is 0. The van der Waals surface area contributed by atoms with E-state index in [4.69, 9.17) is 21.1 Å². The third-order valence-electron chi connectivity index (χ3n) is 4.20. The van der Waals surface area contributed by atoms with Crippen LogP contribution in [0.2, 0.25) is 5.02 Å². The highest BCUT2D eigenvalue weighted by Crippen LogP contribution is 2.40. The highest BCUT2D eigenvalue weighted by molar-refractivity contribution is 7.90. The third-order valence-corrected chi connectivity index (χ3v) is 6.16. The number of aryl methyl sites for hydroxylation is 1. The van der Waals surface area contributed by atoms with E-state index in [2.05, 4.69) is 4.98 Å². The Kier molecular flexibility index (Phi) is 6.49. The number of hydrogen-bond acceptors (Lipinski definition) is 5. The summed E-state index contributed by atoms with van der Waals surface area (Å²) >= 11 is 6.43. The molecule has 0 atom stereocenters. The Hall–Kier alpha value is -2.51. The summed E-state index contributed by atoms with van der Waals surface area (Å²) < 4.78 is 38.8. The van der Waals surface area contributed by atoms with Gasteiger partial charge in [-0.3, -0.25) is 0 Å². The Morgan fingerprint density at radius 1 is 1.10 bits per heavy atom. The van der Waals surface area contributed by atoms with Crippen molar-refractivity contribution in [3.63, 3.8) is 0 Å². The predicted octanol–water partition coefficient (Wildman–Crippen LogP) is 4.94. The molecule has 0 unspecified atom stereocenters. The van der Waals surface area contributed by atoms with Gasteiger partial charge in [0.1, 0.15) is 0 Å². The van der Waals surface area contributed by atoms with Crippen LogP contribution in [-0.4, -0.2) is 30.6 Å². The second kappa shape index (κ2) is 8.88. The molecule has 0 aliphatic carbocycles. The molecule has 0 N–H and O–H groups in total. The molecule has 1 aromatic heterocycles. The van der Waals surface area contributed by atoms with Crippen LogP contribution in [0.5, 0.6) is 11.5 Å². The van der Waals surface area contributed by atoms with Gasteiger partial charge in [0.05, 0.1) is 23.1 Å². The molecule has 0 radical (unpaired) electrons. The molecule has 0 amide bonds. The predicted molar refractivity (Wildman–Crippen MR) is 113 cm³/mol. The first-order valence-electron chi connectivity index (χ1n) is 9.33. The van der Waals surface area contributed by atoms with Crippen molar-refractivity contribution in [1.29, 1.82) is 0 Å². The Labute approximate surface area is 176 Å². The fourth-order valence-corrected chi connectivity index (χ4v) is 4.38. The maximum Gasteiger partial charge on any atom is 0.269 e. The average molecular weight is 435 g/mol. The molecule has 0 fully saturated rings. The van der Waals surface area contributed by atoms with Crippen LogP contribution in [-0.2, 0) is 10.0 Å². The standard InChI is InChI=1S/C21H23ClN2O4S/c1-4-12-28-20-18(22)13-16(14-19(20)27-5-2)21-23-10-11-24(21)29(25,26)17-8-6-15(3)7-9-17/h6-11,13-14H,4-5,12H2,1-3H3. The van der Waals surface area contributed by atoms with E-state index in [1.165, 1.54) is 12.4 Å². The number of aromatic nitrogens is 2. The molecule has 0 aliphatic rings. The first-order valence-corrected chi connectivity index (χ1v) is 11.1. The summed E-state index contributed by atoms with van der Waals surface area (Å²) in [5.74, 6) is 1.14. The molecule has 8 heteroatoms. The van der Waals surface area contributed by atoms with E-state index in [1.807, 2.05) is 20.8 Å². The highest BCUT2D eigenvalue weighted by Gasteiger charge is 2.23. The second-order valence-corrected chi connectivity index (χ2v) is 8.65. The lowest BCUT2D eigenvalue weighted by molar-refractivity contribution is 0.277. The lowest BCUT2D eigenvalue weighted by Crippen LogP contribution is -2.13. The number of rotatable bonds is 8. The van der Waals surface area contributed by atoms with E-state index in [0.717, 1.165) is 16.0 Å². The molecule has 1 heterocycles. The monoisotopic (exact) mass is 434 g/mol. The van der Waals surface area contributed by atoms with Gasteiger partial charge in [0.15, 0.2) is 17.3 Å². The van der Waals surface area contributed by atoms with Gasteiger partial charge in [-0.1, -0.05) is 36.2 Å². The van der Waals surface area contributed by atoms with Crippen LogP contribution < -0.4 is 9.47 Å². The summed E-state index contributed by atoms with van der Waals surface area (Å²) in [5, 5.41) is 0.335. The summed E-state index contributed by atoms with van der Waals surface area (Å²) in [6, 6.07) is 10.0. The number of benzene rings is 2. The van der Waals surface area contributed by atoms with Gasteiger partial charge in [-0.25, -0.2) is 17.4 Å². The van der Waals surface area contributed by atoms with Crippen LogP contribution in [0.1, 0.15) is 25.8 Å². The van der Waals surface area contributed by atoms with Crippen molar-refractivity contribution in [2.45, 2.75) is 32.1 Å². The lowest BCUT2D eigenvalue weighted by Gasteiger charge is -2.15. The van der Waals surface area contributed by atoms with Gasteiger partial charge in [0.25, 0.3) is 10.0 Å². The lowest BCUT2D eigenvalue weighted by atomic mass is 10.2. The van der Waals surface area contributed by atoms with E-state index in [0.29, 0.717) is 35.3 Å². The molecular formula is C21H23ClN2O4S. The molecule has 0 spiro atoms. The Morgan fingerprint density at radius 2 is 1.83 bits per heavy atom. The topological polar surface area (TPSA) is 70.4 Å². The Balaban J connectivity index is 2.09. The quantitative estimate of drug-likeness (QED) is 0.502. The zero-order valence-electron chi connectivity index (χ0n) is 16.6. The van der Waals surface area contributed by atoms with Crippen molar-refractivity contribution in [3.05, 3.63) is 59.4 Å². The van der Waals surface area contributed by atoms with Gasteiger partial charge in [0, 0.05) is 18.0 Å². The van der Waals surface area contributed by atoms with Gasteiger partial charge in [-0.05, 0) is 44.5 Å². The van der Waals surface area contributed by atoms with E-state index >= 15 is 0 Å². The molecule has 2 aromatic carbocycles. The molecule has 6 nitrogen and oxygen atoms in total. The molecule has 3 aromatic rings. The van der Waals surface area contributed by atoms with Crippen molar-refractivity contribution in [1.82, 2.24) is 8.96 Å². The van der Waals surface area contributed by atoms with Crippen molar-refractivity contribution in [3.8, 4) is 22.9 Å². The van der Waals surface area contributed by atoms with Gasteiger partial charge in [-0.2, -0.15) is 0 Å². The minimum absolute atomic E-state index is 0.182. The van der Waals surface area contributed by atoms with E-state index in [9.17, 15) is 8.42 Å². The average Bonchev–Trinajstić information content (AvgIpc) is 3.18. The van der Waals surface area contributed by atoms with Crippen molar-refractivity contribution < 1.29 is 17.9 Å².